The Bertz CT molecular complexity index is 288. The van der Waals surface area contributed by atoms with Crippen molar-refractivity contribution in [3.8, 4) is 5.75 Å². The minimum absolute atomic E-state index is 0.551. The molecule has 0 aromatic heterocycles. The van der Waals surface area contributed by atoms with Gasteiger partial charge in [-0.25, -0.2) is 0 Å². The minimum atomic E-state index is 0.551. The van der Waals surface area contributed by atoms with Crippen molar-refractivity contribution in [2.24, 2.45) is 5.73 Å². The molecule has 0 aliphatic rings. The first-order chi connectivity index (χ1) is 8.24. The summed E-state index contributed by atoms with van der Waals surface area (Å²) in [5.74, 6) is 0.947. The molecule has 0 radical (unpaired) electrons. The second-order valence-electron chi connectivity index (χ2n) is 4.43. The normalized spacial score (nSPS) is 11.1. The van der Waals surface area contributed by atoms with Crippen molar-refractivity contribution in [1.82, 2.24) is 4.90 Å². The van der Waals surface area contributed by atoms with Crippen LogP contribution in [0.25, 0.3) is 0 Å². The highest BCUT2D eigenvalue weighted by Crippen LogP contribution is 2.08. The van der Waals surface area contributed by atoms with Gasteiger partial charge in [0, 0.05) is 25.7 Å². The van der Waals surface area contributed by atoms with Crippen LogP contribution >= 0.6 is 0 Å². The summed E-state index contributed by atoms with van der Waals surface area (Å²) in [6.45, 7) is 7.89. The van der Waals surface area contributed by atoms with Crippen LogP contribution in [0, 0.1) is 0 Å². The molecule has 1 aromatic carbocycles. The van der Waals surface area contributed by atoms with E-state index < -0.39 is 0 Å². The third-order valence-electron chi connectivity index (χ3n) is 2.75. The fourth-order valence-electron chi connectivity index (χ4n) is 1.77. The molecule has 0 spiro atoms. The second kappa shape index (κ2) is 8.09. The van der Waals surface area contributed by atoms with Crippen LogP contribution in [0.4, 0.5) is 0 Å². The SMILES string of the molecule is CC(C)N(CCN)CCCOc1ccccc1. The topological polar surface area (TPSA) is 38.5 Å². The average Bonchev–Trinajstić information content (AvgIpc) is 2.34. The number of hydrogen-bond acceptors (Lipinski definition) is 3. The molecule has 3 nitrogen and oxygen atoms in total. The maximum atomic E-state index is 5.66. The first-order valence-corrected chi connectivity index (χ1v) is 6.36. The summed E-state index contributed by atoms with van der Waals surface area (Å²) in [5, 5.41) is 0. The summed E-state index contributed by atoms with van der Waals surface area (Å²) in [6.07, 6.45) is 1.03. The molecule has 0 saturated heterocycles. The Morgan fingerprint density at radius 3 is 2.47 bits per heavy atom. The van der Waals surface area contributed by atoms with Gasteiger partial charge in [-0.15, -0.1) is 0 Å². The number of nitrogens with zero attached hydrogens (tertiary/aromatic N) is 1. The Morgan fingerprint density at radius 1 is 1.18 bits per heavy atom. The summed E-state index contributed by atoms with van der Waals surface area (Å²) in [4.78, 5) is 2.38. The first kappa shape index (κ1) is 14.0. The molecule has 1 rings (SSSR count). The molecule has 0 atom stereocenters. The van der Waals surface area contributed by atoms with E-state index in [2.05, 4.69) is 18.7 Å². The van der Waals surface area contributed by atoms with E-state index in [1.807, 2.05) is 30.3 Å². The van der Waals surface area contributed by atoms with Gasteiger partial charge in [-0.2, -0.15) is 0 Å². The molecule has 0 aliphatic heterocycles. The summed E-state index contributed by atoms with van der Waals surface area (Å²) in [5.41, 5.74) is 5.59. The largest absolute Gasteiger partial charge is 0.494 e. The Labute approximate surface area is 105 Å². The molecule has 2 N–H and O–H groups in total. The lowest BCUT2D eigenvalue weighted by Gasteiger charge is -2.25. The molecule has 0 saturated carbocycles. The van der Waals surface area contributed by atoms with Gasteiger partial charge in [0.05, 0.1) is 6.61 Å². The summed E-state index contributed by atoms with van der Waals surface area (Å²) >= 11 is 0. The lowest BCUT2D eigenvalue weighted by molar-refractivity contribution is 0.202. The molecular formula is C14H24N2O. The monoisotopic (exact) mass is 236 g/mol. The van der Waals surface area contributed by atoms with Crippen molar-refractivity contribution in [3.63, 3.8) is 0 Å². The van der Waals surface area contributed by atoms with Crippen LogP contribution in [0.15, 0.2) is 30.3 Å². The van der Waals surface area contributed by atoms with Crippen LogP contribution in [0.5, 0.6) is 5.75 Å². The van der Waals surface area contributed by atoms with Gasteiger partial charge in [-0.1, -0.05) is 18.2 Å². The van der Waals surface area contributed by atoms with Crippen molar-refractivity contribution < 1.29 is 4.74 Å². The predicted octanol–water partition coefficient (Wildman–Crippen LogP) is 2.12. The number of nitrogens with two attached hydrogens (primary N) is 1. The van der Waals surface area contributed by atoms with Crippen LogP contribution in [0.3, 0.4) is 0 Å². The van der Waals surface area contributed by atoms with Gasteiger partial charge in [-0.05, 0) is 32.4 Å². The molecule has 96 valence electrons. The molecule has 0 heterocycles. The fourth-order valence-corrected chi connectivity index (χ4v) is 1.77. The van der Waals surface area contributed by atoms with E-state index in [1.165, 1.54) is 0 Å². The van der Waals surface area contributed by atoms with Crippen LogP contribution in [-0.2, 0) is 0 Å². The van der Waals surface area contributed by atoms with E-state index in [4.69, 9.17) is 10.5 Å². The molecule has 17 heavy (non-hydrogen) atoms. The molecule has 0 amide bonds. The van der Waals surface area contributed by atoms with Crippen LogP contribution < -0.4 is 10.5 Å². The zero-order chi connectivity index (χ0) is 12.5. The van der Waals surface area contributed by atoms with Crippen molar-refractivity contribution in [3.05, 3.63) is 30.3 Å². The van der Waals surface area contributed by atoms with Crippen molar-refractivity contribution in [1.29, 1.82) is 0 Å². The zero-order valence-corrected chi connectivity index (χ0v) is 10.9. The van der Waals surface area contributed by atoms with E-state index in [9.17, 15) is 0 Å². The highest BCUT2D eigenvalue weighted by Gasteiger charge is 2.07. The highest BCUT2D eigenvalue weighted by molar-refractivity contribution is 5.20. The third-order valence-corrected chi connectivity index (χ3v) is 2.75. The van der Waals surface area contributed by atoms with Gasteiger partial charge in [0.15, 0.2) is 0 Å². The number of rotatable bonds is 8. The van der Waals surface area contributed by atoms with Crippen LogP contribution in [0.2, 0.25) is 0 Å². The zero-order valence-electron chi connectivity index (χ0n) is 10.9. The van der Waals surface area contributed by atoms with E-state index in [1.54, 1.807) is 0 Å². The number of hydrogen-bond donors (Lipinski definition) is 1. The Morgan fingerprint density at radius 2 is 1.88 bits per heavy atom. The molecule has 0 aliphatic carbocycles. The maximum absolute atomic E-state index is 5.66. The highest BCUT2D eigenvalue weighted by atomic mass is 16.5. The predicted molar refractivity (Wildman–Crippen MR) is 72.3 cm³/mol. The standard InChI is InChI=1S/C14H24N2O/c1-13(2)16(11-9-15)10-6-12-17-14-7-4-3-5-8-14/h3-5,7-8,13H,6,9-12,15H2,1-2H3. The van der Waals surface area contributed by atoms with E-state index in [0.29, 0.717) is 6.04 Å². The van der Waals surface area contributed by atoms with E-state index >= 15 is 0 Å². The average molecular weight is 236 g/mol. The number of para-hydroxylation sites is 1. The van der Waals surface area contributed by atoms with Crippen LogP contribution in [-0.4, -0.2) is 37.2 Å². The van der Waals surface area contributed by atoms with Gasteiger partial charge in [0.2, 0.25) is 0 Å². The van der Waals surface area contributed by atoms with Crippen molar-refractivity contribution >= 4 is 0 Å². The first-order valence-electron chi connectivity index (χ1n) is 6.36. The Balaban J connectivity index is 2.18. The number of ether oxygens (including phenoxy) is 1. The molecule has 0 bridgehead atoms. The number of benzene rings is 1. The molecule has 3 heteroatoms. The Kier molecular flexibility index (Phi) is 6.67. The van der Waals surface area contributed by atoms with Crippen LogP contribution in [0.1, 0.15) is 20.3 Å². The minimum Gasteiger partial charge on any atom is -0.494 e. The summed E-state index contributed by atoms with van der Waals surface area (Å²) < 4.78 is 5.66. The molecule has 1 aromatic rings. The lowest BCUT2D eigenvalue weighted by atomic mass is 10.3. The van der Waals surface area contributed by atoms with E-state index in [0.717, 1.165) is 38.4 Å². The molecule has 0 unspecified atom stereocenters. The van der Waals surface area contributed by atoms with Gasteiger partial charge in [0.1, 0.15) is 5.75 Å². The van der Waals surface area contributed by atoms with Gasteiger partial charge >= 0.3 is 0 Å². The maximum Gasteiger partial charge on any atom is 0.119 e. The lowest BCUT2D eigenvalue weighted by Crippen LogP contribution is -2.36. The van der Waals surface area contributed by atoms with Gasteiger partial charge in [0.25, 0.3) is 0 Å². The Hall–Kier alpha value is -1.06. The quantitative estimate of drug-likeness (QED) is 0.703. The fraction of sp³-hybridized carbons (Fsp3) is 0.571. The summed E-state index contributed by atoms with van der Waals surface area (Å²) in [6, 6.07) is 10.5. The van der Waals surface area contributed by atoms with Crippen molar-refractivity contribution in [2.75, 3.05) is 26.2 Å². The molecule has 0 fully saturated rings. The van der Waals surface area contributed by atoms with E-state index in [-0.39, 0.29) is 0 Å². The van der Waals surface area contributed by atoms with Gasteiger partial charge in [-0.3, -0.25) is 4.90 Å². The third kappa shape index (κ3) is 5.71. The second-order valence-corrected chi connectivity index (χ2v) is 4.43. The summed E-state index contributed by atoms with van der Waals surface area (Å²) in [7, 11) is 0. The van der Waals surface area contributed by atoms with Crippen molar-refractivity contribution in [2.45, 2.75) is 26.3 Å². The smallest absolute Gasteiger partial charge is 0.119 e. The molecular weight excluding hydrogens is 212 g/mol. The van der Waals surface area contributed by atoms with Gasteiger partial charge < -0.3 is 10.5 Å².